The molecule has 2 aromatic rings. The molecule has 1 nitrogen and oxygen atoms in total. The van der Waals surface area contributed by atoms with Gasteiger partial charge >= 0.3 is 0 Å². The molecule has 0 aliphatic rings. The minimum absolute atomic E-state index is 0.869. The molecule has 0 N–H and O–H groups in total. The average molecular weight is 198 g/mol. The van der Waals surface area contributed by atoms with Gasteiger partial charge < -0.3 is 4.57 Å². The van der Waals surface area contributed by atoms with Gasteiger partial charge in [0.25, 0.3) is 0 Å². The molecule has 0 aliphatic heterocycles. The van der Waals surface area contributed by atoms with Crippen LogP contribution in [0.4, 0.5) is 0 Å². The van der Waals surface area contributed by atoms with E-state index < -0.39 is 0 Å². The van der Waals surface area contributed by atoms with E-state index in [1.54, 1.807) is 11.3 Å². The van der Waals surface area contributed by atoms with E-state index in [4.69, 9.17) is 11.6 Å². The summed E-state index contributed by atoms with van der Waals surface area (Å²) in [6, 6.07) is 5.97. The maximum absolute atomic E-state index is 5.95. The molecule has 2 rings (SSSR count). The van der Waals surface area contributed by atoms with Crippen LogP contribution in [0.2, 0.25) is 5.02 Å². The Morgan fingerprint density at radius 1 is 1.33 bits per heavy atom. The van der Waals surface area contributed by atoms with Gasteiger partial charge in [-0.15, -0.1) is 11.3 Å². The highest BCUT2D eigenvalue weighted by atomic mass is 35.5. The summed E-state index contributed by atoms with van der Waals surface area (Å²) in [4.78, 5) is 1.22. The van der Waals surface area contributed by atoms with E-state index in [1.807, 2.05) is 36.0 Å². The van der Waals surface area contributed by atoms with Gasteiger partial charge in [-0.25, -0.2) is 0 Å². The first-order chi connectivity index (χ1) is 5.86. The molecule has 0 spiro atoms. The van der Waals surface area contributed by atoms with Crippen molar-refractivity contribution in [3.8, 4) is 0 Å². The lowest BCUT2D eigenvalue weighted by Crippen LogP contribution is -1.93. The van der Waals surface area contributed by atoms with Crippen LogP contribution in [0.15, 0.2) is 36.0 Å². The summed E-state index contributed by atoms with van der Waals surface area (Å²) in [6.45, 7) is 0.878. The van der Waals surface area contributed by atoms with Crippen LogP contribution in [0.3, 0.4) is 0 Å². The van der Waals surface area contributed by atoms with Crippen LogP contribution in [-0.2, 0) is 6.54 Å². The lowest BCUT2D eigenvalue weighted by atomic mass is 10.4. The first-order valence-corrected chi connectivity index (χ1v) is 4.94. The average Bonchev–Trinajstić information content (AvgIpc) is 2.65. The van der Waals surface area contributed by atoms with Crippen molar-refractivity contribution in [1.29, 1.82) is 0 Å². The molecule has 0 fully saturated rings. The topological polar surface area (TPSA) is 4.93 Å². The van der Waals surface area contributed by atoms with Gasteiger partial charge in [0.1, 0.15) is 0 Å². The molecule has 0 unspecified atom stereocenters. The normalized spacial score (nSPS) is 10.4. The summed E-state index contributed by atoms with van der Waals surface area (Å²) in [7, 11) is 0. The fourth-order valence-corrected chi connectivity index (χ4v) is 2.18. The summed E-state index contributed by atoms with van der Waals surface area (Å²) in [6.07, 6.45) is 4.08. The van der Waals surface area contributed by atoms with Gasteiger partial charge in [-0.1, -0.05) is 11.6 Å². The van der Waals surface area contributed by atoms with Crippen LogP contribution >= 0.6 is 22.9 Å². The molecule has 0 saturated carbocycles. The molecule has 3 heteroatoms. The Balaban J connectivity index is 2.20. The van der Waals surface area contributed by atoms with E-state index in [-0.39, 0.29) is 0 Å². The molecule has 0 bridgehead atoms. The van der Waals surface area contributed by atoms with Gasteiger partial charge in [-0.05, 0) is 23.6 Å². The van der Waals surface area contributed by atoms with Gasteiger partial charge in [0.15, 0.2) is 0 Å². The zero-order chi connectivity index (χ0) is 8.39. The SMILES string of the molecule is Clc1ccsc1Cn1cccc1. The van der Waals surface area contributed by atoms with E-state index >= 15 is 0 Å². The quantitative estimate of drug-likeness (QED) is 0.697. The number of hydrogen-bond acceptors (Lipinski definition) is 1. The van der Waals surface area contributed by atoms with Crippen molar-refractivity contribution < 1.29 is 0 Å². The third-order valence-corrected chi connectivity index (χ3v) is 3.06. The van der Waals surface area contributed by atoms with E-state index in [0.29, 0.717) is 0 Å². The fourth-order valence-electron chi connectivity index (χ4n) is 1.08. The van der Waals surface area contributed by atoms with Crippen LogP contribution in [0.25, 0.3) is 0 Å². The fraction of sp³-hybridized carbons (Fsp3) is 0.111. The Hall–Kier alpha value is -0.730. The second-order valence-electron chi connectivity index (χ2n) is 2.55. The summed E-state index contributed by atoms with van der Waals surface area (Å²) in [5, 5.41) is 2.88. The van der Waals surface area contributed by atoms with E-state index in [1.165, 1.54) is 4.88 Å². The summed E-state index contributed by atoms with van der Waals surface area (Å²) < 4.78 is 2.11. The largest absolute Gasteiger partial charge is 0.349 e. The third kappa shape index (κ3) is 1.54. The maximum atomic E-state index is 5.95. The van der Waals surface area contributed by atoms with E-state index in [0.717, 1.165) is 11.6 Å². The second kappa shape index (κ2) is 3.33. The standard InChI is InChI=1S/C9H8ClNS/c10-8-3-6-12-9(8)7-11-4-1-2-5-11/h1-6H,7H2. The number of halogens is 1. The summed E-state index contributed by atoms with van der Waals surface area (Å²) in [5.74, 6) is 0. The van der Waals surface area contributed by atoms with Crippen molar-refractivity contribution in [2.24, 2.45) is 0 Å². The van der Waals surface area contributed by atoms with Gasteiger partial charge in [0.2, 0.25) is 0 Å². The number of thiophene rings is 1. The Kier molecular flexibility index (Phi) is 2.19. The van der Waals surface area contributed by atoms with Crippen molar-refractivity contribution in [3.05, 3.63) is 45.9 Å². The lowest BCUT2D eigenvalue weighted by molar-refractivity contribution is 0.819. The third-order valence-electron chi connectivity index (χ3n) is 1.68. The molecule has 62 valence electrons. The molecule has 0 amide bonds. The van der Waals surface area contributed by atoms with Crippen molar-refractivity contribution in [2.45, 2.75) is 6.54 Å². The van der Waals surface area contributed by atoms with Gasteiger partial charge in [-0.2, -0.15) is 0 Å². The Morgan fingerprint density at radius 2 is 2.08 bits per heavy atom. The Labute approximate surface area is 80.2 Å². The second-order valence-corrected chi connectivity index (χ2v) is 3.95. The number of rotatable bonds is 2. The van der Waals surface area contributed by atoms with Gasteiger partial charge in [0.05, 0.1) is 11.6 Å². The first kappa shape index (κ1) is 7.90. The van der Waals surface area contributed by atoms with E-state index in [2.05, 4.69) is 4.57 Å². The minimum atomic E-state index is 0.869. The van der Waals surface area contributed by atoms with Gasteiger partial charge in [0, 0.05) is 17.3 Å². The molecule has 2 aromatic heterocycles. The Bertz CT molecular complexity index is 350. The highest BCUT2D eigenvalue weighted by Crippen LogP contribution is 2.22. The van der Waals surface area contributed by atoms with Crippen molar-refractivity contribution in [2.75, 3.05) is 0 Å². The van der Waals surface area contributed by atoms with Crippen molar-refractivity contribution in [3.63, 3.8) is 0 Å². The highest BCUT2D eigenvalue weighted by molar-refractivity contribution is 7.10. The molecule has 0 aliphatic carbocycles. The van der Waals surface area contributed by atoms with Crippen LogP contribution in [0.5, 0.6) is 0 Å². The maximum Gasteiger partial charge on any atom is 0.0578 e. The molecular weight excluding hydrogens is 190 g/mol. The smallest absolute Gasteiger partial charge is 0.0578 e. The van der Waals surface area contributed by atoms with Crippen LogP contribution in [-0.4, -0.2) is 4.57 Å². The summed E-state index contributed by atoms with van der Waals surface area (Å²) >= 11 is 7.65. The predicted molar refractivity (Wildman–Crippen MR) is 52.9 cm³/mol. The first-order valence-electron chi connectivity index (χ1n) is 3.69. The molecule has 2 heterocycles. The lowest BCUT2D eigenvalue weighted by Gasteiger charge is -1.99. The van der Waals surface area contributed by atoms with Crippen molar-refractivity contribution >= 4 is 22.9 Å². The summed E-state index contributed by atoms with van der Waals surface area (Å²) in [5.41, 5.74) is 0. The Morgan fingerprint density at radius 3 is 2.67 bits per heavy atom. The van der Waals surface area contributed by atoms with Crippen molar-refractivity contribution in [1.82, 2.24) is 4.57 Å². The molecule has 0 atom stereocenters. The van der Waals surface area contributed by atoms with E-state index in [9.17, 15) is 0 Å². The molecular formula is C9H8ClNS. The van der Waals surface area contributed by atoms with Crippen LogP contribution < -0.4 is 0 Å². The van der Waals surface area contributed by atoms with Crippen LogP contribution in [0, 0.1) is 0 Å². The predicted octanol–water partition coefficient (Wildman–Crippen LogP) is 3.25. The molecule has 0 aromatic carbocycles. The number of aromatic nitrogens is 1. The monoisotopic (exact) mass is 197 g/mol. The van der Waals surface area contributed by atoms with Gasteiger partial charge in [-0.3, -0.25) is 0 Å². The number of nitrogens with zero attached hydrogens (tertiary/aromatic N) is 1. The molecule has 12 heavy (non-hydrogen) atoms. The highest BCUT2D eigenvalue weighted by Gasteiger charge is 2.00. The van der Waals surface area contributed by atoms with Crippen LogP contribution in [0.1, 0.15) is 4.88 Å². The molecule has 0 saturated heterocycles. The number of hydrogen-bond donors (Lipinski definition) is 0. The zero-order valence-electron chi connectivity index (χ0n) is 6.40. The molecule has 0 radical (unpaired) electrons. The minimum Gasteiger partial charge on any atom is -0.349 e. The zero-order valence-corrected chi connectivity index (χ0v) is 7.98.